The van der Waals surface area contributed by atoms with Gasteiger partial charge >= 0.3 is 5.97 Å². The lowest BCUT2D eigenvalue weighted by Gasteiger charge is -2.22. The van der Waals surface area contributed by atoms with Crippen LogP contribution in [0, 0.1) is 0 Å². The molecule has 0 spiro atoms. The SMILES string of the molecule is CCCCCCCCCCCCCCCC(=O)OCCCCCCCCCCCCCC/C=C\CCCCCCCCCCCCCCC(=O)NC(CO)C(O)CCCCCCCCCCCCCCC. The van der Waals surface area contributed by atoms with Crippen molar-refractivity contribution >= 4 is 11.9 Å². The van der Waals surface area contributed by atoms with Gasteiger partial charge in [0.05, 0.1) is 25.4 Å². The average Bonchev–Trinajstić information content (AvgIpc) is 3.37. The minimum atomic E-state index is -0.662. The lowest BCUT2D eigenvalue weighted by atomic mass is 10.0. The first-order valence-corrected chi connectivity index (χ1v) is 32.4. The smallest absolute Gasteiger partial charge is 0.305 e. The Hall–Kier alpha value is -1.40. The molecule has 0 fully saturated rings. The maximum Gasteiger partial charge on any atom is 0.305 e. The van der Waals surface area contributed by atoms with Crippen LogP contribution in [0.3, 0.4) is 0 Å². The summed E-state index contributed by atoms with van der Waals surface area (Å²) in [6.45, 7) is 4.98. The van der Waals surface area contributed by atoms with Crippen LogP contribution in [0.1, 0.15) is 367 Å². The highest BCUT2D eigenvalue weighted by Gasteiger charge is 2.20. The molecular formula is C65H127NO5. The lowest BCUT2D eigenvalue weighted by molar-refractivity contribution is -0.143. The monoisotopic (exact) mass is 1000 g/mol. The Bertz CT molecular complexity index is 1060. The van der Waals surface area contributed by atoms with Crippen LogP contribution in [0.2, 0.25) is 0 Å². The van der Waals surface area contributed by atoms with Gasteiger partial charge in [0.1, 0.15) is 0 Å². The Balaban J connectivity index is 3.35. The van der Waals surface area contributed by atoms with E-state index in [1.165, 1.54) is 295 Å². The quantitative estimate of drug-likeness (QED) is 0.0320. The number of ether oxygens (including phenoxy) is 1. The zero-order valence-electron chi connectivity index (χ0n) is 48.2. The van der Waals surface area contributed by atoms with E-state index in [1.807, 2.05) is 0 Å². The van der Waals surface area contributed by atoms with Gasteiger partial charge in [-0.3, -0.25) is 9.59 Å². The van der Waals surface area contributed by atoms with Crippen molar-refractivity contribution in [1.82, 2.24) is 5.32 Å². The maximum atomic E-state index is 12.5. The zero-order valence-corrected chi connectivity index (χ0v) is 48.2. The molecular weight excluding hydrogens is 875 g/mol. The van der Waals surface area contributed by atoms with E-state index in [-0.39, 0.29) is 18.5 Å². The number of rotatable bonds is 61. The van der Waals surface area contributed by atoms with E-state index in [4.69, 9.17) is 4.74 Å². The number of aliphatic hydroxyl groups is 2. The van der Waals surface area contributed by atoms with Gasteiger partial charge in [0.15, 0.2) is 0 Å². The number of carbonyl (C=O) groups is 2. The normalized spacial score (nSPS) is 12.6. The summed E-state index contributed by atoms with van der Waals surface area (Å²) in [7, 11) is 0. The fourth-order valence-electron chi connectivity index (χ4n) is 10.3. The number of carbonyl (C=O) groups excluding carboxylic acids is 2. The molecule has 0 aliphatic carbocycles. The molecule has 1 amide bonds. The van der Waals surface area contributed by atoms with Gasteiger partial charge in [-0.2, -0.15) is 0 Å². The van der Waals surface area contributed by atoms with E-state index in [2.05, 4.69) is 31.3 Å². The molecule has 3 N–H and O–H groups in total. The Morgan fingerprint density at radius 1 is 0.380 bits per heavy atom. The zero-order chi connectivity index (χ0) is 51.4. The number of esters is 1. The first kappa shape index (κ1) is 69.6. The molecule has 0 rings (SSSR count). The van der Waals surface area contributed by atoms with Gasteiger partial charge in [0.25, 0.3) is 0 Å². The van der Waals surface area contributed by atoms with Crippen LogP contribution in [0.5, 0.6) is 0 Å². The Morgan fingerprint density at radius 3 is 1.00 bits per heavy atom. The molecule has 0 aromatic carbocycles. The number of hydrogen-bond acceptors (Lipinski definition) is 5. The molecule has 71 heavy (non-hydrogen) atoms. The third kappa shape index (κ3) is 57.7. The third-order valence-corrected chi connectivity index (χ3v) is 15.3. The average molecular weight is 1000 g/mol. The van der Waals surface area contributed by atoms with Crippen LogP contribution >= 0.6 is 0 Å². The third-order valence-electron chi connectivity index (χ3n) is 15.3. The fourth-order valence-corrected chi connectivity index (χ4v) is 10.3. The summed E-state index contributed by atoms with van der Waals surface area (Å²) in [5, 5.41) is 23.3. The highest BCUT2D eigenvalue weighted by molar-refractivity contribution is 5.76. The molecule has 6 heteroatoms. The predicted molar refractivity (Wildman–Crippen MR) is 310 cm³/mol. The van der Waals surface area contributed by atoms with Crippen LogP contribution in [0.15, 0.2) is 12.2 Å². The number of hydrogen-bond donors (Lipinski definition) is 3. The minimum Gasteiger partial charge on any atom is -0.466 e. The van der Waals surface area contributed by atoms with Gasteiger partial charge in [0.2, 0.25) is 5.91 Å². The fraction of sp³-hybridized carbons (Fsp3) is 0.938. The van der Waals surface area contributed by atoms with Crippen LogP contribution in [0.25, 0.3) is 0 Å². The summed E-state index contributed by atoms with van der Waals surface area (Å²) in [6.07, 6.45) is 73.8. The van der Waals surface area contributed by atoms with E-state index in [1.54, 1.807) is 0 Å². The molecule has 422 valence electrons. The minimum absolute atomic E-state index is 0.0180. The maximum absolute atomic E-state index is 12.5. The molecule has 6 nitrogen and oxygen atoms in total. The summed E-state index contributed by atoms with van der Waals surface area (Å²) < 4.78 is 5.48. The van der Waals surface area contributed by atoms with Gasteiger partial charge in [-0.05, 0) is 51.4 Å². The summed E-state index contributed by atoms with van der Waals surface area (Å²) >= 11 is 0. The first-order valence-electron chi connectivity index (χ1n) is 32.4. The second-order valence-corrected chi connectivity index (χ2v) is 22.5. The van der Waals surface area contributed by atoms with Crippen LogP contribution < -0.4 is 5.32 Å². The van der Waals surface area contributed by atoms with Gasteiger partial charge < -0.3 is 20.3 Å². The summed E-state index contributed by atoms with van der Waals surface area (Å²) in [4.78, 5) is 24.5. The second-order valence-electron chi connectivity index (χ2n) is 22.5. The predicted octanol–water partition coefficient (Wildman–Crippen LogP) is 20.4. The van der Waals surface area contributed by atoms with Crippen molar-refractivity contribution in [3.05, 3.63) is 12.2 Å². The van der Waals surface area contributed by atoms with E-state index in [9.17, 15) is 19.8 Å². The standard InChI is InChI=1S/C65H127NO5/c1-3-5-7-9-11-13-15-33-37-41-45-49-53-57-63(68)62(61-67)66-64(69)58-54-50-46-42-38-35-31-29-27-25-23-21-19-17-18-20-22-24-26-28-30-32-36-40-44-48-52-56-60-71-65(70)59-55-51-47-43-39-34-16-14-12-10-8-6-4-2/h17-18,62-63,67-68H,3-16,19-61H2,1-2H3,(H,66,69)/b18-17-. The molecule has 0 bridgehead atoms. The molecule has 0 aromatic heterocycles. The largest absolute Gasteiger partial charge is 0.466 e. The molecule has 0 aliphatic rings. The van der Waals surface area contributed by atoms with Crippen molar-refractivity contribution in [3.63, 3.8) is 0 Å². The van der Waals surface area contributed by atoms with Crippen molar-refractivity contribution in [2.24, 2.45) is 0 Å². The molecule has 0 heterocycles. The Morgan fingerprint density at radius 2 is 0.662 bits per heavy atom. The van der Waals surface area contributed by atoms with Crippen molar-refractivity contribution < 1.29 is 24.5 Å². The molecule has 0 aliphatic heterocycles. The van der Waals surface area contributed by atoms with Crippen LogP contribution in [-0.2, 0) is 14.3 Å². The van der Waals surface area contributed by atoms with Crippen molar-refractivity contribution in [3.8, 4) is 0 Å². The molecule has 0 radical (unpaired) electrons. The molecule has 2 atom stereocenters. The lowest BCUT2D eigenvalue weighted by Crippen LogP contribution is -2.45. The highest BCUT2D eigenvalue weighted by Crippen LogP contribution is 2.18. The second kappa shape index (κ2) is 61.1. The number of nitrogens with one attached hydrogen (secondary N) is 1. The molecule has 0 saturated carbocycles. The molecule has 0 aromatic rings. The van der Waals surface area contributed by atoms with Crippen molar-refractivity contribution in [2.45, 2.75) is 379 Å². The van der Waals surface area contributed by atoms with Crippen molar-refractivity contribution in [2.75, 3.05) is 13.2 Å². The van der Waals surface area contributed by atoms with E-state index in [0.717, 1.165) is 38.5 Å². The van der Waals surface area contributed by atoms with Crippen LogP contribution in [0.4, 0.5) is 0 Å². The number of unbranched alkanes of at least 4 members (excludes halogenated alkanes) is 48. The number of amides is 1. The van der Waals surface area contributed by atoms with Gasteiger partial charge in [-0.1, -0.05) is 315 Å². The highest BCUT2D eigenvalue weighted by atomic mass is 16.5. The summed E-state index contributed by atoms with van der Waals surface area (Å²) in [5.74, 6) is -0.0150. The first-order chi connectivity index (χ1) is 35.0. The van der Waals surface area contributed by atoms with E-state index >= 15 is 0 Å². The van der Waals surface area contributed by atoms with E-state index in [0.29, 0.717) is 25.9 Å². The van der Waals surface area contributed by atoms with Crippen LogP contribution in [-0.4, -0.2) is 47.4 Å². The molecule has 2 unspecified atom stereocenters. The Kier molecular flexibility index (Phi) is 59.9. The Labute approximate surface area is 444 Å². The van der Waals surface area contributed by atoms with Gasteiger partial charge in [-0.25, -0.2) is 0 Å². The summed E-state index contributed by atoms with van der Waals surface area (Å²) in [6, 6.07) is -0.540. The van der Waals surface area contributed by atoms with E-state index < -0.39 is 12.1 Å². The number of aliphatic hydroxyl groups excluding tert-OH is 2. The number of allylic oxidation sites excluding steroid dienone is 2. The van der Waals surface area contributed by atoms with Crippen molar-refractivity contribution in [1.29, 1.82) is 0 Å². The van der Waals surface area contributed by atoms with Gasteiger partial charge in [0, 0.05) is 12.8 Å². The molecule has 0 saturated heterocycles. The van der Waals surface area contributed by atoms with Gasteiger partial charge in [-0.15, -0.1) is 0 Å². The summed E-state index contributed by atoms with van der Waals surface area (Å²) in [5.41, 5.74) is 0. The topological polar surface area (TPSA) is 95.9 Å².